The topological polar surface area (TPSA) is 95.2 Å². The Hall–Kier alpha value is -2.62. The number of aldehydes is 1. The molecule has 0 amide bonds. The van der Waals surface area contributed by atoms with Crippen LogP contribution in [0.4, 0.5) is 5.82 Å². The van der Waals surface area contributed by atoms with Crippen LogP contribution in [0.3, 0.4) is 0 Å². The highest BCUT2D eigenvalue weighted by Crippen LogP contribution is 2.24. The molecular weight excluding hydrogens is 318 g/mol. The first-order valence-electron chi connectivity index (χ1n) is 6.79. The van der Waals surface area contributed by atoms with Gasteiger partial charge in [-0.1, -0.05) is 11.6 Å². The van der Waals surface area contributed by atoms with Crippen molar-refractivity contribution in [1.29, 1.82) is 5.26 Å². The number of halogens is 1. The van der Waals surface area contributed by atoms with Gasteiger partial charge in [0.1, 0.15) is 18.2 Å². The summed E-state index contributed by atoms with van der Waals surface area (Å²) in [6.45, 7) is 0.378. The number of nitrogens with zero attached hydrogens (tertiary/aromatic N) is 2. The summed E-state index contributed by atoms with van der Waals surface area (Å²) in [5.74, 6) is 0.985. The molecule has 2 aromatic rings. The number of nitriles is 1. The molecule has 0 bridgehead atoms. The molecule has 0 aliphatic carbocycles. The van der Waals surface area contributed by atoms with Gasteiger partial charge < -0.3 is 15.2 Å². The lowest BCUT2D eigenvalue weighted by Crippen LogP contribution is -2.08. The number of anilines is 1. The van der Waals surface area contributed by atoms with Gasteiger partial charge in [-0.15, -0.1) is 0 Å². The molecule has 0 spiro atoms. The molecule has 0 fully saturated rings. The van der Waals surface area contributed by atoms with Crippen molar-refractivity contribution in [3.8, 4) is 11.8 Å². The molecule has 2 rings (SSSR count). The Kier molecular flexibility index (Phi) is 5.92. The average molecular weight is 332 g/mol. The maximum Gasteiger partial charge on any atom is 0.151 e. The van der Waals surface area contributed by atoms with Gasteiger partial charge in [0, 0.05) is 23.9 Å². The van der Waals surface area contributed by atoms with Gasteiger partial charge in [-0.05, 0) is 24.3 Å². The fourth-order valence-corrected chi connectivity index (χ4v) is 2.15. The Bertz CT molecular complexity index is 744. The van der Waals surface area contributed by atoms with E-state index in [1.54, 1.807) is 18.2 Å². The number of hydrogen-bond acceptors (Lipinski definition) is 6. The van der Waals surface area contributed by atoms with Crippen LogP contribution in [0.2, 0.25) is 5.02 Å². The molecule has 0 aliphatic rings. The monoisotopic (exact) mass is 331 g/mol. The summed E-state index contributed by atoms with van der Waals surface area (Å²) in [5.41, 5.74) is 1.61. The van der Waals surface area contributed by atoms with Crippen LogP contribution in [0.25, 0.3) is 0 Å². The smallest absolute Gasteiger partial charge is 0.151 e. The van der Waals surface area contributed by atoms with Crippen LogP contribution in [0.5, 0.6) is 5.75 Å². The van der Waals surface area contributed by atoms with Crippen molar-refractivity contribution in [3.63, 3.8) is 0 Å². The third-order valence-corrected chi connectivity index (χ3v) is 3.27. The lowest BCUT2D eigenvalue weighted by Gasteiger charge is -2.13. The predicted octanol–water partition coefficient (Wildman–Crippen LogP) is 2.40. The number of ether oxygens (including phenoxy) is 1. The molecule has 6 nitrogen and oxygen atoms in total. The van der Waals surface area contributed by atoms with E-state index in [4.69, 9.17) is 26.7 Å². The first-order chi connectivity index (χ1) is 11.2. The van der Waals surface area contributed by atoms with Gasteiger partial charge in [0.25, 0.3) is 0 Å². The first kappa shape index (κ1) is 16.7. The SMILES string of the molecule is N#Cc1ccc(OCCO)c(CNc2ncc(C=O)cc2Cl)c1. The summed E-state index contributed by atoms with van der Waals surface area (Å²) in [4.78, 5) is 14.8. The molecule has 7 heteroatoms. The third kappa shape index (κ3) is 4.42. The predicted molar refractivity (Wildman–Crippen MR) is 85.7 cm³/mol. The molecule has 0 atom stereocenters. The number of aliphatic hydroxyl groups excluding tert-OH is 1. The van der Waals surface area contributed by atoms with Crippen LogP contribution in [-0.4, -0.2) is 29.6 Å². The summed E-state index contributed by atoms with van der Waals surface area (Å²) in [6, 6.07) is 8.58. The Balaban J connectivity index is 2.18. The number of carbonyl (C=O) groups excluding carboxylic acids is 1. The van der Waals surface area contributed by atoms with Crippen molar-refractivity contribution in [2.45, 2.75) is 6.54 Å². The molecule has 0 aliphatic heterocycles. The van der Waals surface area contributed by atoms with Gasteiger partial charge in [0.15, 0.2) is 6.29 Å². The Morgan fingerprint density at radius 2 is 2.26 bits per heavy atom. The summed E-state index contributed by atoms with van der Waals surface area (Å²) in [5, 5.41) is 21.2. The zero-order chi connectivity index (χ0) is 16.7. The van der Waals surface area contributed by atoms with Crippen molar-refractivity contribution < 1.29 is 14.6 Å². The highest BCUT2D eigenvalue weighted by Gasteiger charge is 2.08. The van der Waals surface area contributed by atoms with Crippen molar-refractivity contribution in [2.75, 3.05) is 18.5 Å². The molecule has 1 heterocycles. The number of aromatic nitrogens is 1. The summed E-state index contributed by atoms with van der Waals surface area (Å²) in [6.07, 6.45) is 2.08. The minimum atomic E-state index is -0.104. The number of aliphatic hydroxyl groups is 1. The number of rotatable bonds is 7. The third-order valence-electron chi connectivity index (χ3n) is 2.98. The van der Waals surface area contributed by atoms with Crippen LogP contribution >= 0.6 is 11.6 Å². The average Bonchev–Trinajstić information content (AvgIpc) is 2.59. The maximum atomic E-state index is 10.7. The second-order valence-corrected chi connectivity index (χ2v) is 4.98. The standard InChI is InChI=1S/C16H14ClN3O3/c17-14-6-12(10-22)8-19-16(14)20-9-13-5-11(7-18)1-2-15(13)23-4-3-21/h1-2,5-6,8,10,21H,3-4,9H2,(H,19,20). The summed E-state index contributed by atoms with van der Waals surface area (Å²) >= 11 is 6.06. The van der Waals surface area contributed by atoms with E-state index in [0.717, 1.165) is 5.56 Å². The molecule has 0 radical (unpaired) electrons. The molecule has 0 saturated heterocycles. The summed E-state index contributed by atoms with van der Waals surface area (Å²) in [7, 11) is 0. The zero-order valence-electron chi connectivity index (χ0n) is 12.1. The van der Waals surface area contributed by atoms with Gasteiger partial charge in [0.05, 0.1) is 23.3 Å². The van der Waals surface area contributed by atoms with Crippen LogP contribution in [0.15, 0.2) is 30.5 Å². The van der Waals surface area contributed by atoms with Gasteiger partial charge >= 0.3 is 0 Å². The number of benzene rings is 1. The fourth-order valence-electron chi connectivity index (χ4n) is 1.91. The van der Waals surface area contributed by atoms with Crippen LogP contribution < -0.4 is 10.1 Å². The van der Waals surface area contributed by atoms with Crippen LogP contribution in [0, 0.1) is 11.3 Å². The highest BCUT2D eigenvalue weighted by atomic mass is 35.5. The fraction of sp³-hybridized carbons (Fsp3) is 0.188. The molecule has 0 saturated carbocycles. The second-order valence-electron chi connectivity index (χ2n) is 4.58. The van der Waals surface area contributed by atoms with Gasteiger partial charge in [0.2, 0.25) is 0 Å². The largest absolute Gasteiger partial charge is 0.491 e. The Morgan fingerprint density at radius 3 is 2.91 bits per heavy atom. The molecular formula is C16H14ClN3O3. The van der Waals surface area contributed by atoms with E-state index < -0.39 is 0 Å². The Labute approximate surface area is 138 Å². The molecule has 23 heavy (non-hydrogen) atoms. The zero-order valence-corrected chi connectivity index (χ0v) is 12.9. The van der Waals surface area contributed by atoms with E-state index in [9.17, 15) is 4.79 Å². The molecule has 1 aromatic heterocycles. The van der Waals surface area contributed by atoms with Crippen molar-refractivity contribution in [3.05, 3.63) is 52.2 Å². The van der Waals surface area contributed by atoms with E-state index in [2.05, 4.69) is 16.4 Å². The van der Waals surface area contributed by atoms with Crippen LogP contribution in [0.1, 0.15) is 21.5 Å². The number of hydrogen-bond donors (Lipinski definition) is 2. The summed E-state index contributed by atoms with van der Waals surface area (Å²) < 4.78 is 5.44. The lowest BCUT2D eigenvalue weighted by molar-refractivity contribution is 0.112. The van der Waals surface area contributed by atoms with Crippen molar-refractivity contribution in [1.82, 2.24) is 4.98 Å². The maximum absolute atomic E-state index is 10.7. The normalized spacial score (nSPS) is 9.96. The number of nitrogens with one attached hydrogen (secondary N) is 1. The van der Waals surface area contributed by atoms with Gasteiger partial charge in [-0.3, -0.25) is 4.79 Å². The van der Waals surface area contributed by atoms with E-state index in [1.165, 1.54) is 12.3 Å². The minimum Gasteiger partial charge on any atom is -0.491 e. The molecule has 2 N–H and O–H groups in total. The quantitative estimate of drug-likeness (QED) is 0.756. The molecule has 118 valence electrons. The van der Waals surface area contributed by atoms with E-state index in [0.29, 0.717) is 40.5 Å². The lowest BCUT2D eigenvalue weighted by atomic mass is 10.1. The van der Waals surface area contributed by atoms with E-state index in [-0.39, 0.29) is 13.2 Å². The van der Waals surface area contributed by atoms with Crippen molar-refractivity contribution in [2.24, 2.45) is 0 Å². The number of carbonyl (C=O) groups is 1. The van der Waals surface area contributed by atoms with E-state index in [1.807, 2.05) is 0 Å². The second kappa shape index (κ2) is 8.13. The van der Waals surface area contributed by atoms with Crippen LogP contribution in [-0.2, 0) is 6.54 Å². The van der Waals surface area contributed by atoms with E-state index >= 15 is 0 Å². The van der Waals surface area contributed by atoms with Crippen molar-refractivity contribution >= 4 is 23.7 Å². The van der Waals surface area contributed by atoms with Gasteiger partial charge in [-0.25, -0.2) is 4.98 Å². The number of pyridine rings is 1. The first-order valence-corrected chi connectivity index (χ1v) is 7.17. The minimum absolute atomic E-state index is 0.104. The Morgan fingerprint density at radius 1 is 1.43 bits per heavy atom. The van der Waals surface area contributed by atoms with Gasteiger partial charge in [-0.2, -0.15) is 5.26 Å². The molecule has 1 aromatic carbocycles. The molecule has 0 unspecified atom stereocenters. The highest BCUT2D eigenvalue weighted by molar-refractivity contribution is 6.33.